The highest BCUT2D eigenvalue weighted by Gasteiger charge is 2.13. The van der Waals surface area contributed by atoms with E-state index in [9.17, 15) is 0 Å². The van der Waals surface area contributed by atoms with Crippen molar-refractivity contribution in [3.8, 4) is 0 Å². The molecule has 78 valence electrons. The third kappa shape index (κ3) is 3.12. The summed E-state index contributed by atoms with van der Waals surface area (Å²) in [5, 5.41) is 6.61. The summed E-state index contributed by atoms with van der Waals surface area (Å²) in [6.45, 7) is 2.06. The lowest BCUT2D eigenvalue weighted by Gasteiger charge is -2.10. The van der Waals surface area contributed by atoms with Crippen LogP contribution in [0.5, 0.6) is 0 Å². The minimum Gasteiger partial charge on any atom is -0.353 e. The molecule has 0 radical (unpaired) electrons. The molecule has 1 fully saturated rings. The molecule has 1 aliphatic rings. The lowest BCUT2D eigenvalue weighted by Crippen LogP contribution is -2.29. The normalized spacial score (nSPS) is 20.1. The molecule has 0 spiro atoms. The van der Waals surface area contributed by atoms with E-state index in [1.165, 1.54) is 12.8 Å². The van der Waals surface area contributed by atoms with E-state index in [-0.39, 0.29) is 12.4 Å². The van der Waals surface area contributed by atoms with Crippen LogP contribution in [0, 0.1) is 0 Å². The molecule has 5 heteroatoms. The Labute approximate surface area is 89.9 Å². The number of nitrogens with zero attached hydrogens (tertiary/aromatic N) is 2. The van der Waals surface area contributed by atoms with E-state index in [0.717, 1.165) is 19.0 Å². The van der Waals surface area contributed by atoms with E-state index in [1.54, 1.807) is 12.4 Å². The monoisotopic (exact) mass is 214 g/mol. The van der Waals surface area contributed by atoms with Crippen LogP contribution < -0.4 is 10.6 Å². The van der Waals surface area contributed by atoms with Crippen molar-refractivity contribution in [2.75, 3.05) is 18.4 Å². The van der Waals surface area contributed by atoms with Crippen LogP contribution in [-0.4, -0.2) is 29.1 Å². The van der Waals surface area contributed by atoms with Gasteiger partial charge in [-0.15, -0.1) is 12.4 Å². The first-order valence-corrected chi connectivity index (χ1v) is 4.69. The fraction of sp³-hybridized carbons (Fsp3) is 0.556. The fourth-order valence-corrected chi connectivity index (χ4v) is 1.54. The average Bonchev–Trinajstić information content (AvgIpc) is 2.69. The van der Waals surface area contributed by atoms with Crippen LogP contribution in [0.25, 0.3) is 0 Å². The van der Waals surface area contributed by atoms with E-state index in [2.05, 4.69) is 20.6 Å². The van der Waals surface area contributed by atoms with Gasteiger partial charge in [-0.1, -0.05) is 0 Å². The Morgan fingerprint density at radius 2 is 2.21 bits per heavy atom. The maximum Gasteiger partial charge on any atom is 0.222 e. The minimum absolute atomic E-state index is 0. The summed E-state index contributed by atoms with van der Waals surface area (Å²) in [6, 6.07) is 2.41. The number of rotatable bonds is 3. The summed E-state index contributed by atoms with van der Waals surface area (Å²) >= 11 is 0. The van der Waals surface area contributed by atoms with E-state index in [0.29, 0.717) is 6.04 Å². The van der Waals surface area contributed by atoms with Crippen LogP contribution in [0.4, 0.5) is 5.95 Å². The fourth-order valence-electron chi connectivity index (χ4n) is 1.54. The van der Waals surface area contributed by atoms with Gasteiger partial charge >= 0.3 is 0 Å². The summed E-state index contributed by atoms with van der Waals surface area (Å²) in [5.74, 6) is 0.719. The molecule has 1 saturated heterocycles. The standard InChI is InChI=1S/C9H14N4.ClH/c1-3-8(10-4-1)7-13-9-11-5-2-6-12-9;/h2,5-6,8,10H,1,3-4,7H2,(H,11,12,13);1H. The van der Waals surface area contributed by atoms with Crippen LogP contribution in [0.15, 0.2) is 18.5 Å². The van der Waals surface area contributed by atoms with E-state index in [1.807, 2.05) is 6.07 Å². The summed E-state index contributed by atoms with van der Waals surface area (Å²) in [6.07, 6.45) is 6.02. The molecule has 1 atom stereocenters. The molecule has 2 N–H and O–H groups in total. The Hall–Kier alpha value is -0.870. The molecule has 1 aromatic heterocycles. The highest BCUT2D eigenvalue weighted by atomic mass is 35.5. The Balaban J connectivity index is 0.000000980. The third-order valence-corrected chi connectivity index (χ3v) is 2.23. The maximum atomic E-state index is 4.09. The second kappa shape index (κ2) is 5.78. The molecule has 1 unspecified atom stereocenters. The number of nitrogens with one attached hydrogen (secondary N) is 2. The van der Waals surface area contributed by atoms with Crippen molar-refractivity contribution < 1.29 is 0 Å². The Bertz CT molecular complexity index is 248. The van der Waals surface area contributed by atoms with Crippen molar-refractivity contribution in [2.45, 2.75) is 18.9 Å². The Morgan fingerprint density at radius 1 is 1.43 bits per heavy atom. The molecule has 4 nitrogen and oxygen atoms in total. The van der Waals surface area contributed by atoms with Gasteiger partial charge in [0.05, 0.1) is 0 Å². The predicted molar refractivity (Wildman–Crippen MR) is 58.8 cm³/mol. The molecule has 2 rings (SSSR count). The van der Waals surface area contributed by atoms with E-state index in [4.69, 9.17) is 0 Å². The molecular formula is C9H15ClN4. The van der Waals surface area contributed by atoms with Gasteiger partial charge in [-0.05, 0) is 25.5 Å². The van der Waals surface area contributed by atoms with Gasteiger partial charge in [0.25, 0.3) is 0 Å². The van der Waals surface area contributed by atoms with Gasteiger partial charge in [0.2, 0.25) is 5.95 Å². The molecule has 2 heterocycles. The number of hydrogen-bond acceptors (Lipinski definition) is 4. The van der Waals surface area contributed by atoms with Gasteiger partial charge in [0.15, 0.2) is 0 Å². The number of anilines is 1. The van der Waals surface area contributed by atoms with Gasteiger partial charge in [-0.3, -0.25) is 0 Å². The van der Waals surface area contributed by atoms with Gasteiger partial charge < -0.3 is 10.6 Å². The zero-order valence-corrected chi connectivity index (χ0v) is 8.76. The van der Waals surface area contributed by atoms with Crippen LogP contribution in [-0.2, 0) is 0 Å². The van der Waals surface area contributed by atoms with Crippen molar-refractivity contribution in [1.29, 1.82) is 0 Å². The smallest absolute Gasteiger partial charge is 0.222 e. The second-order valence-corrected chi connectivity index (χ2v) is 3.25. The van der Waals surface area contributed by atoms with Crippen LogP contribution in [0.1, 0.15) is 12.8 Å². The predicted octanol–water partition coefficient (Wildman–Crippen LogP) is 1.06. The number of halogens is 1. The van der Waals surface area contributed by atoms with Crippen LogP contribution in [0.2, 0.25) is 0 Å². The van der Waals surface area contributed by atoms with Crippen molar-refractivity contribution in [1.82, 2.24) is 15.3 Å². The molecule has 0 amide bonds. The lowest BCUT2D eigenvalue weighted by molar-refractivity contribution is 0.631. The highest BCUT2D eigenvalue weighted by molar-refractivity contribution is 5.85. The topological polar surface area (TPSA) is 49.8 Å². The summed E-state index contributed by atoms with van der Waals surface area (Å²) < 4.78 is 0. The van der Waals surface area contributed by atoms with Crippen molar-refractivity contribution in [3.63, 3.8) is 0 Å². The molecular weight excluding hydrogens is 200 g/mol. The van der Waals surface area contributed by atoms with E-state index >= 15 is 0 Å². The van der Waals surface area contributed by atoms with Crippen molar-refractivity contribution in [2.24, 2.45) is 0 Å². The first-order valence-electron chi connectivity index (χ1n) is 4.69. The van der Waals surface area contributed by atoms with Crippen LogP contribution >= 0.6 is 12.4 Å². The Morgan fingerprint density at radius 3 is 2.86 bits per heavy atom. The maximum absolute atomic E-state index is 4.09. The van der Waals surface area contributed by atoms with Gasteiger partial charge in [0.1, 0.15) is 0 Å². The lowest BCUT2D eigenvalue weighted by atomic mass is 10.2. The molecule has 1 aliphatic heterocycles. The zero-order valence-electron chi connectivity index (χ0n) is 7.94. The molecule has 1 aromatic rings. The molecule has 0 aliphatic carbocycles. The van der Waals surface area contributed by atoms with Crippen molar-refractivity contribution in [3.05, 3.63) is 18.5 Å². The largest absolute Gasteiger partial charge is 0.353 e. The first kappa shape index (κ1) is 11.2. The quantitative estimate of drug-likeness (QED) is 0.790. The number of hydrogen-bond donors (Lipinski definition) is 2. The number of aromatic nitrogens is 2. The van der Waals surface area contributed by atoms with Gasteiger partial charge in [-0.25, -0.2) is 9.97 Å². The molecule has 14 heavy (non-hydrogen) atoms. The summed E-state index contributed by atoms with van der Waals surface area (Å²) in [5.41, 5.74) is 0. The summed E-state index contributed by atoms with van der Waals surface area (Å²) in [4.78, 5) is 8.18. The minimum atomic E-state index is 0. The van der Waals surface area contributed by atoms with E-state index < -0.39 is 0 Å². The Kier molecular flexibility index (Phi) is 4.62. The second-order valence-electron chi connectivity index (χ2n) is 3.25. The molecule has 0 saturated carbocycles. The van der Waals surface area contributed by atoms with Crippen LogP contribution in [0.3, 0.4) is 0 Å². The van der Waals surface area contributed by atoms with Gasteiger partial charge in [0, 0.05) is 25.0 Å². The third-order valence-electron chi connectivity index (χ3n) is 2.23. The molecule has 0 bridgehead atoms. The molecule has 0 aromatic carbocycles. The SMILES string of the molecule is Cl.c1cnc(NCC2CCCN2)nc1. The summed E-state index contributed by atoms with van der Waals surface area (Å²) in [7, 11) is 0. The zero-order chi connectivity index (χ0) is 8.93. The highest BCUT2D eigenvalue weighted by Crippen LogP contribution is 2.05. The average molecular weight is 215 g/mol. The van der Waals surface area contributed by atoms with Crippen molar-refractivity contribution >= 4 is 18.4 Å². The van der Waals surface area contributed by atoms with Gasteiger partial charge in [-0.2, -0.15) is 0 Å². The first-order chi connectivity index (χ1) is 6.45.